The zero-order valence-corrected chi connectivity index (χ0v) is 20.4. The van der Waals surface area contributed by atoms with E-state index >= 15 is 0 Å². The van der Waals surface area contributed by atoms with Gasteiger partial charge in [0.1, 0.15) is 43.2 Å². The molecular formula is C25H23B4N3O5. The number of nitrogens with one attached hydrogen (secondary N) is 1. The number of fused-ring (bicyclic) bond motifs is 1. The maximum Gasteiger partial charge on any atom is 0.255 e. The zero-order valence-electron chi connectivity index (χ0n) is 20.4. The molecule has 2 atom stereocenters. The molecule has 5 rings (SSSR count). The Morgan fingerprint density at radius 3 is 2.59 bits per heavy atom. The van der Waals surface area contributed by atoms with Gasteiger partial charge in [-0.1, -0.05) is 28.5 Å². The molecule has 12 heteroatoms. The Hall–Kier alpha value is -2.97. The molecule has 2 aromatic carbocycles. The first-order valence-corrected chi connectivity index (χ1v) is 12.2. The Balaban J connectivity index is 1.36. The van der Waals surface area contributed by atoms with E-state index in [-0.39, 0.29) is 36.7 Å². The predicted molar refractivity (Wildman–Crippen MR) is 140 cm³/mol. The number of carbonyl (C=O) groups is 3. The number of morpholine rings is 1. The number of amides is 3. The molecule has 2 saturated heterocycles. The summed E-state index contributed by atoms with van der Waals surface area (Å²) in [6.45, 7) is 3.63. The van der Waals surface area contributed by atoms with Gasteiger partial charge in [-0.3, -0.25) is 24.6 Å². The molecule has 37 heavy (non-hydrogen) atoms. The Kier molecular flexibility index (Phi) is 7.23. The smallest absolute Gasteiger partial charge is 0.255 e. The third kappa shape index (κ3) is 4.97. The molecule has 2 fully saturated rings. The molecule has 1 N–H and O–H groups in total. The number of hydrogen-bond donors (Lipinski definition) is 1. The topological polar surface area (TPSA) is 88.2 Å². The summed E-state index contributed by atoms with van der Waals surface area (Å²) in [5, 5.41) is 2.30. The third-order valence-corrected chi connectivity index (χ3v) is 7.14. The second-order valence-electron chi connectivity index (χ2n) is 9.48. The quantitative estimate of drug-likeness (QED) is 0.371. The number of benzene rings is 2. The first-order valence-electron chi connectivity index (χ1n) is 12.2. The Morgan fingerprint density at radius 2 is 1.86 bits per heavy atom. The largest absolute Gasteiger partial charge is 0.496 e. The van der Waals surface area contributed by atoms with E-state index in [1.165, 1.54) is 4.90 Å². The van der Waals surface area contributed by atoms with Crippen LogP contribution in [0.2, 0.25) is 0 Å². The van der Waals surface area contributed by atoms with Crippen molar-refractivity contribution >= 4 is 65.5 Å². The van der Waals surface area contributed by atoms with E-state index in [2.05, 4.69) is 10.2 Å². The van der Waals surface area contributed by atoms with Crippen LogP contribution in [-0.2, 0) is 27.4 Å². The molecule has 3 aliphatic rings. The van der Waals surface area contributed by atoms with E-state index in [1.54, 1.807) is 24.3 Å². The standard InChI is InChI=1S/C25H23B4N3O5/c26-16-10-13(11-31-6-8-36-9-7-31)21(27)22(28)20(16)23(29)37-18-3-1-2-14-15(18)12-32(25(14)35)17-4-5-19(33)30-24(17)34/h1-3,10,17,23H,4-9,11-12H2,(H,30,33,34). The molecule has 0 bridgehead atoms. The number of rotatable bonds is 6. The van der Waals surface area contributed by atoms with E-state index in [4.69, 9.17) is 40.9 Å². The van der Waals surface area contributed by atoms with E-state index in [9.17, 15) is 14.4 Å². The van der Waals surface area contributed by atoms with Crippen LogP contribution in [0.4, 0.5) is 0 Å². The Morgan fingerprint density at radius 1 is 1.11 bits per heavy atom. The molecule has 3 amide bonds. The normalized spacial score (nSPS) is 21.0. The maximum absolute atomic E-state index is 13.1. The van der Waals surface area contributed by atoms with Gasteiger partial charge in [0.25, 0.3) is 5.91 Å². The van der Waals surface area contributed by atoms with Crippen molar-refractivity contribution in [2.75, 3.05) is 26.3 Å². The summed E-state index contributed by atoms with van der Waals surface area (Å²) in [5.41, 5.74) is 3.19. The summed E-state index contributed by atoms with van der Waals surface area (Å²) in [4.78, 5) is 40.7. The van der Waals surface area contributed by atoms with Crippen molar-refractivity contribution in [2.24, 2.45) is 0 Å². The Bertz CT molecular complexity index is 1270. The van der Waals surface area contributed by atoms with Crippen LogP contribution in [0, 0.1) is 0 Å². The van der Waals surface area contributed by atoms with Crippen LogP contribution in [0.15, 0.2) is 24.3 Å². The van der Waals surface area contributed by atoms with Gasteiger partial charge in [0.05, 0.1) is 25.8 Å². The van der Waals surface area contributed by atoms with Crippen LogP contribution in [-0.4, -0.2) is 91.3 Å². The lowest BCUT2D eigenvalue weighted by Gasteiger charge is -2.30. The van der Waals surface area contributed by atoms with Gasteiger partial charge in [-0.2, -0.15) is 0 Å². The van der Waals surface area contributed by atoms with Gasteiger partial charge in [-0.15, -0.1) is 0 Å². The summed E-state index contributed by atoms with van der Waals surface area (Å²) >= 11 is 0. The first-order chi connectivity index (χ1) is 17.7. The lowest BCUT2D eigenvalue weighted by Crippen LogP contribution is -2.52. The number of carbonyl (C=O) groups excluding carboxylic acids is 3. The second kappa shape index (κ2) is 10.4. The lowest BCUT2D eigenvalue weighted by atomic mass is 9.67. The molecule has 0 aromatic heterocycles. The Labute approximate surface area is 221 Å². The molecule has 180 valence electrons. The van der Waals surface area contributed by atoms with E-state index in [0.717, 1.165) is 18.7 Å². The molecule has 8 nitrogen and oxygen atoms in total. The predicted octanol–water partition coefficient (Wildman–Crippen LogP) is -2.09. The van der Waals surface area contributed by atoms with Gasteiger partial charge in [0.2, 0.25) is 11.8 Å². The van der Waals surface area contributed by atoms with Crippen LogP contribution < -0.4 is 26.4 Å². The minimum Gasteiger partial charge on any atom is -0.496 e. The zero-order chi connectivity index (χ0) is 26.3. The number of imide groups is 1. The highest BCUT2D eigenvalue weighted by Gasteiger charge is 2.40. The van der Waals surface area contributed by atoms with Crippen LogP contribution in [0.3, 0.4) is 0 Å². The van der Waals surface area contributed by atoms with E-state index < -0.39 is 18.0 Å². The number of ether oxygens (including phenoxy) is 2. The van der Waals surface area contributed by atoms with Crippen molar-refractivity contribution in [3.63, 3.8) is 0 Å². The van der Waals surface area contributed by atoms with Crippen molar-refractivity contribution < 1.29 is 23.9 Å². The van der Waals surface area contributed by atoms with Crippen molar-refractivity contribution in [1.82, 2.24) is 15.1 Å². The van der Waals surface area contributed by atoms with Crippen LogP contribution in [0.25, 0.3) is 0 Å². The van der Waals surface area contributed by atoms with Gasteiger partial charge in [0, 0.05) is 37.2 Å². The SMILES string of the molecule is [B]c1cc(CN2CCOCC2)c([B])c([B])c1C([B])Oc1cccc2c1CN(C1CCC(=O)NC1=O)C2=O. The maximum atomic E-state index is 13.1. The number of piperidine rings is 1. The summed E-state index contributed by atoms with van der Waals surface area (Å²) in [5.74, 6) is -0.752. The molecule has 8 radical (unpaired) electrons. The minimum atomic E-state index is -1.05. The molecule has 2 aromatic rings. The van der Waals surface area contributed by atoms with Crippen LogP contribution in [0.5, 0.6) is 5.75 Å². The number of hydrogen-bond acceptors (Lipinski definition) is 6. The van der Waals surface area contributed by atoms with Crippen molar-refractivity contribution in [3.8, 4) is 5.75 Å². The molecule has 3 aliphatic heterocycles. The van der Waals surface area contributed by atoms with Gasteiger partial charge in [-0.05, 0) is 29.7 Å². The number of nitrogens with zero attached hydrogens (tertiary/aromatic N) is 2. The van der Waals surface area contributed by atoms with Gasteiger partial charge >= 0.3 is 0 Å². The van der Waals surface area contributed by atoms with Gasteiger partial charge in [-0.25, -0.2) is 0 Å². The second-order valence-corrected chi connectivity index (χ2v) is 9.48. The van der Waals surface area contributed by atoms with Crippen molar-refractivity contribution in [2.45, 2.75) is 38.0 Å². The highest BCUT2D eigenvalue weighted by molar-refractivity contribution is 6.52. The average Bonchev–Trinajstić information content (AvgIpc) is 3.20. The first kappa shape index (κ1) is 25.7. The molecule has 2 unspecified atom stereocenters. The molecule has 3 heterocycles. The highest BCUT2D eigenvalue weighted by atomic mass is 16.5. The fraction of sp³-hybridized carbons (Fsp3) is 0.400. The lowest BCUT2D eigenvalue weighted by molar-refractivity contribution is -0.136. The summed E-state index contributed by atoms with van der Waals surface area (Å²) < 4.78 is 11.5. The van der Waals surface area contributed by atoms with Crippen LogP contribution in [0.1, 0.15) is 45.9 Å². The molecule has 0 spiro atoms. The van der Waals surface area contributed by atoms with E-state index in [0.29, 0.717) is 53.1 Å². The fourth-order valence-electron chi connectivity index (χ4n) is 5.13. The summed E-state index contributed by atoms with van der Waals surface area (Å²) in [6, 6.07) is 5.03. The summed E-state index contributed by atoms with van der Waals surface area (Å²) in [6.07, 6.45) is 0.440. The van der Waals surface area contributed by atoms with Gasteiger partial charge in [0.15, 0.2) is 0 Å². The van der Waals surface area contributed by atoms with E-state index in [1.807, 2.05) is 0 Å². The highest BCUT2D eigenvalue weighted by Crippen LogP contribution is 2.35. The summed E-state index contributed by atoms with van der Waals surface area (Å²) in [7, 11) is 25.5. The minimum absolute atomic E-state index is 0.148. The average molecular weight is 489 g/mol. The van der Waals surface area contributed by atoms with Crippen molar-refractivity contribution in [1.29, 1.82) is 0 Å². The van der Waals surface area contributed by atoms with Crippen molar-refractivity contribution in [3.05, 3.63) is 46.5 Å². The monoisotopic (exact) mass is 489 g/mol. The van der Waals surface area contributed by atoms with Crippen LogP contribution >= 0.6 is 0 Å². The molecular weight excluding hydrogens is 466 g/mol. The third-order valence-electron chi connectivity index (χ3n) is 7.14. The van der Waals surface area contributed by atoms with Gasteiger partial charge < -0.3 is 14.4 Å². The molecule has 0 saturated carbocycles. The molecule has 0 aliphatic carbocycles. The fourth-order valence-corrected chi connectivity index (χ4v) is 5.13.